The highest BCUT2D eigenvalue weighted by Gasteiger charge is 2.26. The van der Waals surface area contributed by atoms with Crippen molar-refractivity contribution in [1.29, 1.82) is 0 Å². The summed E-state index contributed by atoms with van der Waals surface area (Å²) >= 11 is 0. The average Bonchev–Trinajstić information content (AvgIpc) is 3.51. The number of nitrogens with zero attached hydrogens (tertiary/aromatic N) is 1. The number of carbonyl (C=O) groups excluding carboxylic acids is 2. The highest BCUT2D eigenvalue weighted by molar-refractivity contribution is 7.91. The van der Waals surface area contributed by atoms with Crippen molar-refractivity contribution in [3.05, 3.63) is 48.2 Å². The number of anilines is 2. The average molecular weight is 425 g/mol. The van der Waals surface area contributed by atoms with Gasteiger partial charge in [-0.15, -0.1) is 0 Å². The van der Waals surface area contributed by atoms with E-state index in [1.807, 2.05) is 0 Å². The van der Waals surface area contributed by atoms with E-state index in [9.17, 15) is 26.8 Å². The number of hydrogen-bond donors (Lipinski definition) is 2. The summed E-state index contributed by atoms with van der Waals surface area (Å²) in [6.45, 7) is -0.585. The molecular formula is C18H17F2N3O5S. The molecule has 2 N–H and O–H groups in total. The first-order valence-corrected chi connectivity index (χ1v) is 10.1. The number of nitrogens with one attached hydrogen (secondary N) is 2. The number of pyridine rings is 1. The number of aromatic nitrogens is 1. The van der Waals surface area contributed by atoms with Gasteiger partial charge in [-0.3, -0.25) is 4.79 Å². The minimum atomic E-state index is -4.71. The molecule has 1 fully saturated rings. The Bertz CT molecular complexity index is 991. The second-order valence-electron chi connectivity index (χ2n) is 6.31. The molecule has 1 aromatic heterocycles. The lowest BCUT2D eigenvalue weighted by atomic mass is 10.3. The first kappa shape index (κ1) is 20.6. The molecule has 0 radical (unpaired) electrons. The van der Waals surface area contributed by atoms with Crippen LogP contribution in [0.2, 0.25) is 0 Å². The van der Waals surface area contributed by atoms with Gasteiger partial charge >= 0.3 is 11.7 Å². The molecule has 1 aliphatic rings. The molecule has 2 aromatic rings. The van der Waals surface area contributed by atoms with Crippen LogP contribution in [0, 0.1) is 0 Å². The zero-order valence-corrected chi connectivity index (χ0v) is 15.8. The van der Waals surface area contributed by atoms with Crippen molar-refractivity contribution >= 4 is 33.2 Å². The zero-order chi connectivity index (χ0) is 21.0. The Balaban J connectivity index is 1.49. The Labute approximate surface area is 165 Å². The third kappa shape index (κ3) is 5.47. The van der Waals surface area contributed by atoms with E-state index in [-0.39, 0.29) is 11.3 Å². The normalized spacial score (nSPS) is 13.8. The fourth-order valence-electron chi connectivity index (χ4n) is 2.28. The number of hydrogen-bond acceptors (Lipinski definition) is 7. The van der Waals surface area contributed by atoms with E-state index in [0.29, 0.717) is 11.9 Å². The topological polar surface area (TPSA) is 114 Å². The third-order valence-corrected chi connectivity index (χ3v) is 5.36. The summed E-state index contributed by atoms with van der Waals surface area (Å²) in [5.41, 5.74) is 0.345. The largest absolute Gasteiger partial charge is 0.452 e. The molecule has 0 saturated heterocycles. The van der Waals surface area contributed by atoms with Gasteiger partial charge in [-0.25, -0.2) is 18.2 Å². The number of rotatable bonds is 8. The van der Waals surface area contributed by atoms with Crippen LogP contribution in [-0.4, -0.2) is 43.7 Å². The predicted octanol–water partition coefficient (Wildman–Crippen LogP) is 2.45. The summed E-state index contributed by atoms with van der Waals surface area (Å²) in [6.07, 6.45) is 3.52. The Kier molecular flexibility index (Phi) is 6.06. The third-order valence-electron chi connectivity index (χ3n) is 3.96. The van der Waals surface area contributed by atoms with Crippen LogP contribution in [0.1, 0.15) is 23.2 Å². The van der Waals surface area contributed by atoms with Gasteiger partial charge in [0.15, 0.2) is 6.61 Å². The maximum Gasteiger partial charge on any atom is 0.341 e. The number of benzene rings is 1. The van der Waals surface area contributed by atoms with Crippen LogP contribution < -0.4 is 10.6 Å². The highest BCUT2D eigenvalue weighted by Crippen LogP contribution is 2.23. The second-order valence-corrected chi connectivity index (χ2v) is 8.22. The maximum absolute atomic E-state index is 12.5. The molecule has 3 rings (SSSR count). The van der Waals surface area contributed by atoms with Gasteiger partial charge in [0.2, 0.25) is 9.84 Å². The molecule has 0 spiro atoms. The van der Waals surface area contributed by atoms with Crippen molar-refractivity contribution in [3.8, 4) is 0 Å². The zero-order valence-electron chi connectivity index (χ0n) is 15.0. The monoisotopic (exact) mass is 425 g/mol. The van der Waals surface area contributed by atoms with Gasteiger partial charge < -0.3 is 15.4 Å². The number of carbonyl (C=O) groups is 2. The number of halogens is 2. The van der Waals surface area contributed by atoms with Gasteiger partial charge in [0.25, 0.3) is 5.91 Å². The predicted molar refractivity (Wildman–Crippen MR) is 99.4 cm³/mol. The number of ether oxygens (including phenoxy) is 1. The number of amides is 1. The molecule has 0 atom stereocenters. The molecule has 1 amide bonds. The van der Waals surface area contributed by atoms with Gasteiger partial charge in [0.05, 0.1) is 10.5 Å². The van der Waals surface area contributed by atoms with E-state index >= 15 is 0 Å². The molecule has 1 saturated carbocycles. The lowest BCUT2D eigenvalue weighted by molar-refractivity contribution is -0.119. The van der Waals surface area contributed by atoms with Crippen LogP contribution in [0.3, 0.4) is 0 Å². The van der Waals surface area contributed by atoms with Gasteiger partial charge in [0.1, 0.15) is 5.82 Å². The lowest BCUT2D eigenvalue weighted by Gasteiger charge is -2.08. The van der Waals surface area contributed by atoms with Crippen LogP contribution in [0.15, 0.2) is 47.5 Å². The highest BCUT2D eigenvalue weighted by atomic mass is 32.2. The molecule has 8 nitrogen and oxygen atoms in total. The number of esters is 1. The van der Waals surface area contributed by atoms with Crippen molar-refractivity contribution < 1.29 is 31.5 Å². The minimum absolute atomic E-state index is 0.163. The van der Waals surface area contributed by atoms with Crippen molar-refractivity contribution in [2.75, 3.05) is 17.2 Å². The fourth-order valence-corrected chi connectivity index (χ4v) is 3.00. The van der Waals surface area contributed by atoms with E-state index in [0.717, 1.165) is 37.1 Å². The van der Waals surface area contributed by atoms with Crippen molar-refractivity contribution in [2.45, 2.75) is 29.5 Å². The first-order valence-electron chi connectivity index (χ1n) is 8.57. The summed E-state index contributed by atoms with van der Waals surface area (Å²) in [4.78, 5) is 27.4. The molecule has 29 heavy (non-hydrogen) atoms. The van der Waals surface area contributed by atoms with E-state index in [1.54, 1.807) is 6.07 Å². The van der Waals surface area contributed by atoms with E-state index < -0.39 is 39.0 Å². The van der Waals surface area contributed by atoms with Crippen LogP contribution in [0.4, 0.5) is 20.3 Å². The van der Waals surface area contributed by atoms with E-state index in [1.165, 1.54) is 12.3 Å². The Morgan fingerprint density at radius 1 is 1.14 bits per heavy atom. The molecule has 1 aliphatic carbocycles. The molecule has 1 heterocycles. The molecule has 11 heteroatoms. The van der Waals surface area contributed by atoms with Gasteiger partial charge in [-0.1, -0.05) is 0 Å². The SMILES string of the molecule is O=C(COC(=O)c1ccc(NC2CC2)nc1)Nc1ccc(S(=O)(=O)C(F)F)cc1. The first-order chi connectivity index (χ1) is 13.8. The smallest absolute Gasteiger partial charge is 0.341 e. The van der Waals surface area contributed by atoms with E-state index in [4.69, 9.17) is 4.74 Å². The summed E-state index contributed by atoms with van der Waals surface area (Å²) in [7, 11) is -4.71. The lowest BCUT2D eigenvalue weighted by Crippen LogP contribution is -2.21. The minimum Gasteiger partial charge on any atom is -0.452 e. The van der Waals surface area contributed by atoms with Crippen molar-refractivity contribution in [1.82, 2.24) is 4.98 Å². The van der Waals surface area contributed by atoms with Crippen LogP contribution in [0.25, 0.3) is 0 Å². The molecule has 0 aliphatic heterocycles. The van der Waals surface area contributed by atoms with Crippen LogP contribution in [0.5, 0.6) is 0 Å². The molecule has 154 valence electrons. The quantitative estimate of drug-likeness (QED) is 0.625. The molecule has 0 bridgehead atoms. The van der Waals surface area contributed by atoms with Crippen molar-refractivity contribution in [2.24, 2.45) is 0 Å². The summed E-state index contributed by atoms with van der Waals surface area (Å²) in [5, 5.41) is 5.54. The van der Waals surface area contributed by atoms with Gasteiger partial charge in [0, 0.05) is 17.9 Å². The number of sulfone groups is 1. The van der Waals surface area contributed by atoms with E-state index in [2.05, 4.69) is 15.6 Å². The summed E-state index contributed by atoms with van der Waals surface area (Å²) in [5.74, 6) is -4.29. The second kappa shape index (κ2) is 8.52. The van der Waals surface area contributed by atoms with Crippen LogP contribution >= 0.6 is 0 Å². The fraction of sp³-hybridized carbons (Fsp3) is 0.278. The summed E-state index contributed by atoms with van der Waals surface area (Å²) in [6, 6.07) is 7.81. The standard InChI is InChI=1S/C18H17F2N3O5S/c19-18(20)29(26,27)14-6-4-13(5-7-14)23-16(24)10-28-17(25)11-1-8-15(21-9-11)22-12-2-3-12/h1,4-9,12,18H,2-3,10H2,(H,21,22)(H,23,24). The van der Waals surface area contributed by atoms with Crippen molar-refractivity contribution in [3.63, 3.8) is 0 Å². The Hall–Kier alpha value is -3.08. The van der Waals surface area contributed by atoms with Gasteiger partial charge in [-0.2, -0.15) is 8.78 Å². The maximum atomic E-state index is 12.5. The Morgan fingerprint density at radius 3 is 2.38 bits per heavy atom. The molecule has 1 aromatic carbocycles. The van der Waals surface area contributed by atoms with Crippen LogP contribution in [-0.2, 0) is 19.4 Å². The molecular weight excluding hydrogens is 408 g/mol. The number of alkyl halides is 2. The molecule has 0 unspecified atom stereocenters. The van der Waals surface area contributed by atoms with Gasteiger partial charge in [-0.05, 0) is 49.2 Å². The summed E-state index contributed by atoms with van der Waals surface area (Å²) < 4.78 is 52.6. The Morgan fingerprint density at radius 2 is 1.83 bits per heavy atom.